The fourth-order valence-corrected chi connectivity index (χ4v) is 2.24. The number of nitro groups is 1. The summed E-state index contributed by atoms with van der Waals surface area (Å²) in [7, 11) is 0. The van der Waals surface area contributed by atoms with Gasteiger partial charge in [0.15, 0.2) is 11.3 Å². The van der Waals surface area contributed by atoms with Gasteiger partial charge in [0.1, 0.15) is 24.0 Å². The predicted molar refractivity (Wildman–Crippen MR) is 83.5 cm³/mol. The number of thiocarbonyl (C=S) groups is 1. The zero-order valence-electron chi connectivity index (χ0n) is 12.3. The highest BCUT2D eigenvalue weighted by Gasteiger charge is 2.45. The highest BCUT2D eigenvalue weighted by Crippen LogP contribution is 2.27. The molecule has 1 aromatic heterocycles. The van der Waals surface area contributed by atoms with Gasteiger partial charge >= 0.3 is 5.84 Å². The molecule has 14 nitrogen and oxygen atoms in total. The summed E-state index contributed by atoms with van der Waals surface area (Å²) >= 11 is 4.58. The van der Waals surface area contributed by atoms with Crippen LogP contribution in [0.4, 0.5) is 5.69 Å². The summed E-state index contributed by atoms with van der Waals surface area (Å²) in [6.07, 6.45) is -5.86. The van der Waals surface area contributed by atoms with Crippen molar-refractivity contribution in [3.63, 3.8) is 0 Å². The standard InChI is InChI=1S/C10H13N7O7S/c11-7(17(22)23)3-4(13-10(12)25)8(21)16(15-14-3)9-6(20)5(19)2(1-18)24-9/h2,5-6,9,11,18-20H,1H2,(H3,12,13,25). The van der Waals surface area contributed by atoms with Crippen LogP contribution in [0.5, 0.6) is 0 Å². The quantitative estimate of drug-likeness (QED) is 0.0991. The minimum absolute atomic E-state index is 0.435. The van der Waals surface area contributed by atoms with Gasteiger partial charge in [-0.15, -0.1) is 5.10 Å². The molecule has 1 aliphatic rings. The third-order valence-corrected chi connectivity index (χ3v) is 3.42. The van der Waals surface area contributed by atoms with E-state index in [0.717, 1.165) is 0 Å². The second-order valence-corrected chi connectivity index (χ2v) is 5.33. The Morgan fingerprint density at radius 3 is 2.64 bits per heavy atom. The van der Waals surface area contributed by atoms with Gasteiger partial charge in [-0.25, -0.2) is 0 Å². The number of hydrogen-bond donors (Lipinski definition) is 6. The van der Waals surface area contributed by atoms with E-state index < -0.39 is 64.0 Å². The third-order valence-electron chi connectivity index (χ3n) is 3.31. The number of ether oxygens (including phenoxy) is 1. The smallest absolute Gasteiger partial charge is 0.386 e. The number of aliphatic hydroxyl groups excluding tert-OH is 3. The van der Waals surface area contributed by atoms with Gasteiger partial charge in [-0.3, -0.25) is 4.79 Å². The highest BCUT2D eigenvalue weighted by atomic mass is 32.1. The monoisotopic (exact) mass is 375 g/mol. The van der Waals surface area contributed by atoms with E-state index in [9.17, 15) is 25.1 Å². The lowest BCUT2D eigenvalue weighted by molar-refractivity contribution is -0.350. The fourth-order valence-electron chi connectivity index (χ4n) is 2.14. The second-order valence-electron chi connectivity index (χ2n) is 4.89. The van der Waals surface area contributed by atoms with Crippen LogP contribution in [0, 0.1) is 15.5 Å². The molecule has 1 aliphatic heterocycles. The molecule has 0 aromatic carbocycles. The van der Waals surface area contributed by atoms with Crippen LogP contribution in [0.25, 0.3) is 0 Å². The first-order valence-electron chi connectivity index (χ1n) is 6.60. The average molecular weight is 375 g/mol. The van der Waals surface area contributed by atoms with Gasteiger partial charge in [-0.05, 0) is 17.1 Å². The first-order valence-corrected chi connectivity index (χ1v) is 7.01. The number of aromatic nitrogens is 3. The minimum Gasteiger partial charge on any atom is -0.394 e. The van der Waals surface area contributed by atoms with Crippen LogP contribution in [0.2, 0.25) is 0 Å². The largest absolute Gasteiger partial charge is 0.394 e. The number of rotatable bonds is 4. The van der Waals surface area contributed by atoms with Crippen molar-refractivity contribution in [2.24, 2.45) is 5.73 Å². The van der Waals surface area contributed by atoms with E-state index in [4.69, 9.17) is 21.0 Å². The van der Waals surface area contributed by atoms with Gasteiger partial charge in [-0.1, -0.05) is 10.6 Å². The van der Waals surface area contributed by atoms with Crippen molar-refractivity contribution < 1.29 is 25.0 Å². The number of nitrogens with two attached hydrogens (primary N) is 1. The third kappa shape index (κ3) is 3.44. The molecule has 0 spiro atoms. The Morgan fingerprint density at radius 1 is 1.52 bits per heavy atom. The zero-order chi connectivity index (χ0) is 18.9. The number of aliphatic hydroxyl groups is 3. The van der Waals surface area contributed by atoms with Crippen LogP contribution in [0.1, 0.15) is 11.9 Å². The van der Waals surface area contributed by atoms with Crippen molar-refractivity contribution in [2.45, 2.75) is 24.5 Å². The molecule has 1 saturated heterocycles. The Labute approximate surface area is 143 Å². The molecule has 0 radical (unpaired) electrons. The predicted octanol–water partition coefficient (Wildman–Crippen LogP) is -3.49. The Balaban J connectivity index is 2.55. The van der Waals surface area contributed by atoms with Crippen molar-refractivity contribution >= 4 is 28.9 Å². The summed E-state index contributed by atoms with van der Waals surface area (Å²) in [6, 6.07) is 0. The van der Waals surface area contributed by atoms with Crippen molar-refractivity contribution in [3.8, 4) is 0 Å². The number of nitrogens with one attached hydrogen (secondary N) is 2. The SMILES string of the molecule is N=C(c1nnn(C2OC(CO)C(O)C2O)c(=O)c1NC(N)=S)[N+](=O)[O-]. The molecule has 136 valence electrons. The average Bonchev–Trinajstić information content (AvgIpc) is 2.83. The maximum atomic E-state index is 12.5. The summed E-state index contributed by atoms with van der Waals surface area (Å²) in [5.41, 5.74) is 2.81. The van der Waals surface area contributed by atoms with Crippen LogP contribution in [-0.2, 0) is 4.74 Å². The number of amidine groups is 1. The number of nitrogens with zero attached hydrogens (tertiary/aromatic N) is 4. The van der Waals surface area contributed by atoms with Gasteiger partial charge < -0.3 is 41.2 Å². The Hall–Kier alpha value is -2.59. The van der Waals surface area contributed by atoms with Crippen LogP contribution in [-0.4, -0.2) is 71.1 Å². The molecule has 0 saturated carbocycles. The maximum Gasteiger partial charge on any atom is 0.386 e. The molecule has 1 fully saturated rings. The first kappa shape index (κ1) is 18.7. The Bertz CT molecular complexity index is 783. The van der Waals surface area contributed by atoms with Crippen LogP contribution >= 0.6 is 12.2 Å². The van der Waals surface area contributed by atoms with Crippen molar-refractivity contribution in [3.05, 3.63) is 26.2 Å². The second kappa shape index (κ2) is 7.11. The normalized spacial score (nSPS) is 25.6. The van der Waals surface area contributed by atoms with Crippen LogP contribution in [0.15, 0.2) is 4.79 Å². The van der Waals surface area contributed by atoms with E-state index in [1.165, 1.54) is 0 Å². The summed E-state index contributed by atoms with van der Waals surface area (Å²) in [5, 5.41) is 55.4. The summed E-state index contributed by atoms with van der Waals surface area (Å²) in [6.45, 7) is -0.640. The summed E-state index contributed by atoms with van der Waals surface area (Å²) in [5.74, 6) is -1.24. The molecule has 4 atom stereocenters. The Kier molecular flexibility index (Phi) is 5.33. The lowest BCUT2D eigenvalue weighted by atomic mass is 10.1. The van der Waals surface area contributed by atoms with Gasteiger partial charge in [0.05, 0.1) is 6.61 Å². The van der Waals surface area contributed by atoms with E-state index in [1.807, 2.05) is 0 Å². The number of anilines is 1. The maximum absolute atomic E-state index is 12.5. The van der Waals surface area contributed by atoms with E-state index in [2.05, 4.69) is 27.8 Å². The van der Waals surface area contributed by atoms with Gasteiger partial charge in [-0.2, -0.15) is 4.68 Å². The molecular weight excluding hydrogens is 362 g/mol. The van der Waals surface area contributed by atoms with Crippen molar-refractivity contribution in [1.29, 1.82) is 5.41 Å². The fraction of sp³-hybridized carbons (Fsp3) is 0.500. The van der Waals surface area contributed by atoms with E-state index >= 15 is 0 Å². The van der Waals surface area contributed by atoms with Gasteiger partial charge in [0, 0.05) is 0 Å². The van der Waals surface area contributed by atoms with Crippen LogP contribution in [0.3, 0.4) is 0 Å². The van der Waals surface area contributed by atoms with Gasteiger partial charge in [0.25, 0.3) is 5.56 Å². The molecule has 0 aliphatic carbocycles. The summed E-state index contributed by atoms with van der Waals surface area (Å²) in [4.78, 5) is 22.2. The molecule has 2 rings (SSSR count). The highest BCUT2D eigenvalue weighted by molar-refractivity contribution is 7.80. The van der Waals surface area contributed by atoms with E-state index in [0.29, 0.717) is 4.68 Å². The molecule has 0 amide bonds. The van der Waals surface area contributed by atoms with Gasteiger partial charge in [0.2, 0.25) is 5.69 Å². The molecule has 1 aromatic rings. The molecule has 25 heavy (non-hydrogen) atoms. The molecule has 7 N–H and O–H groups in total. The summed E-state index contributed by atoms with van der Waals surface area (Å²) < 4.78 is 5.63. The molecule has 2 heterocycles. The molecule has 4 unspecified atom stereocenters. The van der Waals surface area contributed by atoms with Crippen molar-refractivity contribution in [2.75, 3.05) is 11.9 Å². The lowest BCUT2D eigenvalue weighted by Gasteiger charge is -2.17. The van der Waals surface area contributed by atoms with E-state index in [-0.39, 0.29) is 0 Å². The van der Waals surface area contributed by atoms with Crippen molar-refractivity contribution in [1.82, 2.24) is 15.0 Å². The molecule has 15 heteroatoms. The Morgan fingerprint density at radius 2 is 2.16 bits per heavy atom. The topological polar surface area (TPSA) is 223 Å². The van der Waals surface area contributed by atoms with E-state index in [1.54, 1.807) is 0 Å². The molecular formula is C10H13N7O7S. The van der Waals surface area contributed by atoms with Crippen LogP contribution < -0.4 is 16.6 Å². The lowest BCUT2D eigenvalue weighted by Crippen LogP contribution is -2.40. The minimum atomic E-state index is -1.64. The molecule has 0 bridgehead atoms. The zero-order valence-corrected chi connectivity index (χ0v) is 13.1. The first-order chi connectivity index (χ1) is 11.7. The number of hydrogen-bond acceptors (Lipinski definition) is 11.